The van der Waals surface area contributed by atoms with Gasteiger partial charge < -0.3 is 49.4 Å². The summed E-state index contributed by atoms with van der Waals surface area (Å²) in [5.41, 5.74) is 12.9. The number of piperidine rings is 4. The van der Waals surface area contributed by atoms with Crippen molar-refractivity contribution in [1.29, 1.82) is 0 Å². The number of hydrogen-bond donors (Lipinski definition) is 2. The van der Waals surface area contributed by atoms with Crippen molar-refractivity contribution >= 4 is 56.5 Å². The van der Waals surface area contributed by atoms with Crippen LogP contribution in [-0.2, 0) is 59.2 Å². The van der Waals surface area contributed by atoms with E-state index >= 15 is 0 Å². The maximum Gasteiger partial charge on any atom is 0.296 e. The first-order chi connectivity index (χ1) is 56.2. The van der Waals surface area contributed by atoms with E-state index in [1.54, 1.807) is 24.3 Å². The summed E-state index contributed by atoms with van der Waals surface area (Å²) in [6.45, 7) is 26.4. The minimum absolute atomic E-state index is 0.190. The highest BCUT2D eigenvalue weighted by atomic mass is 32.2. The third kappa shape index (κ3) is 28.5. The molecule has 18 heteroatoms. The number of carbonyl (C=O) groups is 4. The molecular weight excluding hydrogens is 1470 g/mol. The molecule has 116 heavy (non-hydrogen) atoms. The fourth-order valence-electron chi connectivity index (χ4n) is 16.0. The third-order valence-electron chi connectivity index (χ3n) is 22.5. The number of para-hydroxylation sites is 4. The van der Waals surface area contributed by atoms with Crippen LogP contribution in [0.4, 0.5) is 22.7 Å². The van der Waals surface area contributed by atoms with Gasteiger partial charge in [0.05, 0.1) is 12.0 Å². The van der Waals surface area contributed by atoms with Crippen molar-refractivity contribution in [2.45, 2.75) is 180 Å². The number of aryl methyl sites for hydroxylation is 3. The molecule has 0 aliphatic carbocycles. The SMILES string of the molecule is CCC(=O)N(c1ccccc1)C1CCN(CCc2cccc(C)c2)CC1.CCC(=O)N(c1ccccc1)C1CCN(CCc2cccc(C)c2)CC1.CCC(=O)N(c1ccccc1)C1CCN(CCc2cccc(O)c2)CC1.CCC(=O)N(c1ccccc1)C1CCN(CCc2cccc(O)c2)CC1.COS(=O)(=O)c1ccc(C)cc1. The van der Waals surface area contributed by atoms with E-state index in [1.165, 1.54) is 45.5 Å². The number of phenolic OH excluding ortho intramolecular Hbond substituents is 2. The predicted octanol–water partition coefficient (Wildman–Crippen LogP) is 17.9. The number of phenols is 2. The second-order valence-electron chi connectivity index (χ2n) is 30.9. The lowest BCUT2D eigenvalue weighted by molar-refractivity contribution is -0.119. The largest absolute Gasteiger partial charge is 0.508 e. The van der Waals surface area contributed by atoms with Crippen molar-refractivity contribution in [3.8, 4) is 11.5 Å². The second kappa shape index (κ2) is 47.4. The fraction of sp³-hybridized carbons (Fsp3) is 0.408. The van der Waals surface area contributed by atoms with Gasteiger partial charge >= 0.3 is 0 Å². The Labute approximate surface area is 692 Å². The highest BCUT2D eigenvalue weighted by molar-refractivity contribution is 7.86. The Kier molecular flexibility index (Phi) is 36.9. The molecule has 9 aromatic carbocycles. The van der Waals surface area contributed by atoms with Gasteiger partial charge in [0.2, 0.25) is 23.6 Å². The second-order valence-corrected chi connectivity index (χ2v) is 32.6. The first kappa shape index (κ1) is 90.1. The van der Waals surface area contributed by atoms with Gasteiger partial charge in [-0.15, -0.1) is 0 Å². The van der Waals surface area contributed by atoms with Crippen LogP contribution in [0.15, 0.2) is 248 Å². The molecule has 4 amide bonds. The Bertz CT molecular complexity index is 4010. The number of benzene rings is 9. The molecule has 4 heterocycles. The highest BCUT2D eigenvalue weighted by Crippen LogP contribution is 2.31. The van der Waals surface area contributed by atoms with Crippen molar-refractivity contribution < 1.29 is 42.0 Å². The van der Waals surface area contributed by atoms with E-state index in [0.29, 0.717) is 49.3 Å². The lowest BCUT2D eigenvalue weighted by Gasteiger charge is -2.38. The Hall–Kier alpha value is -9.79. The maximum atomic E-state index is 12.5. The molecule has 2 N–H and O–H groups in total. The summed E-state index contributed by atoms with van der Waals surface area (Å²) in [5, 5.41) is 19.2. The van der Waals surface area contributed by atoms with E-state index in [4.69, 9.17) is 0 Å². The average molecular weight is 1590 g/mol. The Balaban J connectivity index is 0.000000169. The standard InChI is InChI=1S/2C23H30N2O.2C22H28N2O2.C8H10O3S/c2*1-3-23(26)25(21-10-5-4-6-11-21)22-13-16-24(17-14-22)15-12-20-9-7-8-19(2)18-20;2*1-2-22(26)24(19-8-4-3-5-9-19)20-12-15-23(16-13-20)14-11-18-7-6-10-21(25)17-18;1-7-3-5-8(6-4-7)12(9,10)11-2/h2*4-11,18,22H,3,12-17H2,1-2H3;2*3-10,17,20,25H,2,11-16H2,1H3;3-6H,1-2H3. The molecule has 4 saturated heterocycles. The maximum absolute atomic E-state index is 12.5. The highest BCUT2D eigenvalue weighted by Gasteiger charge is 2.33. The van der Waals surface area contributed by atoms with Crippen molar-refractivity contribution in [2.24, 2.45) is 0 Å². The van der Waals surface area contributed by atoms with Crippen molar-refractivity contribution in [2.75, 3.05) is 105 Å². The van der Waals surface area contributed by atoms with Gasteiger partial charge in [-0.2, -0.15) is 8.42 Å². The summed E-state index contributed by atoms with van der Waals surface area (Å²) >= 11 is 0. The average Bonchev–Trinajstić information content (AvgIpc) is 0.817. The third-order valence-corrected chi connectivity index (χ3v) is 23.8. The van der Waals surface area contributed by atoms with Crippen molar-refractivity contribution in [3.63, 3.8) is 0 Å². The lowest BCUT2D eigenvalue weighted by Crippen LogP contribution is -2.47. The summed E-state index contributed by atoms with van der Waals surface area (Å²) in [7, 11) is -2.37. The van der Waals surface area contributed by atoms with E-state index in [0.717, 1.165) is 191 Å². The molecule has 0 atom stereocenters. The Morgan fingerprint density at radius 2 is 0.569 bits per heavy atom. The van der Waals surface area contributed by atoms with Crippen molar-refractivity contribution in [3.05, 3.63) is 282 Å². The topological polar surface area (TPSA) is 178 Å². The molecule has 4 aliphatic rings. The summed E-state index contributed by atoms with van der Waals surface area (Å²) in [6, 6.07) is 80.6. The normalized spacial score (nSPS) is 15.3. The molecule has 0 spiro atoms. The van der Waals surface area contributed by atoms with Crippen molar-refractivity contribution in [1.82, 2.24) is 19.6 Å². The first-order valence-electron chi connectivity index (χ1n) is 42.2. The van der Waals surface area contributed by atoms with Crippen LogP contribution in [0.25, 0.3) is 0 Å². The van der Waals surface area contributed by atoms with Gasteiger partial charge in [0, 0.05) is 151 Å². The van der Waals surface area contributed by atoms with E-state index < -0.39 is 10.1 Å². The number of carbonyl (C=O) groups excluding carboxylic acids is 4. The van der Waals surface area contributed by atoms with Crippen LogP contribution in [0.2, 0.25) is 0 Å². The molecule has 4 aliphatic heterocycles. The van der Waals surface area contributed by atoms with Crippen LogP contribution in [0.5, 0.6) is 11.5 Å². The summed E-state index contributed by atoms with van der Waals surface area (Å²) in [5.74, 6) is 1.53. The van der Waals surface area contributed by atoms with E-state index in [1.807, 2.05) is 176 Å². The van der Waals surface area contributed by atoms with Gasteiger partial charge in [-0.25, -0.2) is 0 Å². The molecule has 0 aromatic heterocycles. The van der Waals surface area contributed by atoms with E-state index in [9.17, 15) is 37.8 Å². The molecule has 0 unspecified atom stereocenters. The van der Waals surface area contributed by atoms with Crippen LogP contribution in [0.1, 0.15) is 144 Å². The molecule has 618 valence electrons. The smallest absolute Gasteiger partial charge is 0.296 e. The van der Waals surface area contributed by atoms with Gasteiger partial charge in [-0.05, 0) is 205 Å². The van der Waals surface area contributed by atoms with Gasteiger partial charge in [0.25, 0.3) is 10.1 Å². The minimum atomic E-state index is -3.51. The molecule has 0 bridgehead atoms. The van der Waals surface area contributed by atoms with Gasteiger partial charge in [-0.1, -0.05) is 202 Å². The number of hydrogen-bond acceptors (Lipinski definition) is 13. The quantitative estimate of drug-likeness (QED) is 0.0490. The molecule has 17 nitrogen and oxygen atoms in total. The molecule has 0 radical (unpaired) electrons. The monoisotopic (exact) mass is 1590 g/mol. The summed E-state index contributed by atoms with van der Waals surface area (Å²) in [4.78, 5) is 68.4. The number of amides is 4. The summed E-state index contributed by atoms with van der Waals surface area (Å²) < 4.78 is 26.5. The minimum Gasteiger partial charge on any atom is -0.508 e. The zero-order chi connectivity index (χ0) is 82.6. The number of aromatic hydroxyl groups is 2. The van der Waals surface area contributed by atoms with Gasteiger partial charge in [0.15, 0.2) is 0 Å². The molecule has 13 rings (SSSR count). The number of anilines is 4. The van der Waals surface area contributed by atoms with Crippen LogP contribution in [0, 0.1) is 20.8 Å². The van der Waals surface area contributed by atoms with E-state index in [-0.39, 0.29) is 40.6 Å². The number of likely N-dealkylation sites (tertiary alicyclic amines) is 4. The fourth-order valence-corrected chi connectivity index (χ4v) is 16.6. The molecular formula is C98H126N8O9S. The molecule has 4 fully saturated rings. The predicted molar refractivity (Wildman–Crippen MR) is 473 cm³/mol. The summed E-state index contributed by atoms with van der Waals surface area (Å²) in [6.07, 6.45) is 14.5. The lowest BCUT2D eigenvalue weighted by atomic mass is 10.0. The Morgan fingerprint density at radius 1 is 0.328 bits per heavy atom. The Morgan fingerprint density at radius 3 is 0.793 bits per heavy atom. The molecule has 0 saturated carbocycles. The number of nitrogens with zero attached hydrogens (tertiary/aromatic N) is 8. The van der Waals surface area contributed by atoms with Crippen LogP contribution >= 0.6 is 0 Å². The zero-order valence-corrected chi connectivity index (χ0v) is 70.8. The zero-order valence-electron chi connectivity index (χ0n) is 69.9. The van der Waals surface area contributed by atoms with Gasteiger partial charge in [-0.3, -0.25) is 23.4 Å². The van der Waals surface area contributed by atoms with Crippen LogP contribution < -0.4 is 19.6 Å². The number of rotatable bonds is 26. The molecule has 9 aromatic rings. The van der Waals surface area contributed by atoms with Crippen LogP contribution in [0.3, 0.4) is 0 Å². The van der Waals surface area contributed by atoms with Crippen LogP contribution in [-0.4, -0.2) is 172 Å². The van der Waals surface area contributed by atoms with Gasteiger partial charge in [0.1, 0.15) is 11.5 Å². The first-order valence-corrected chi connectivity index (χ1v) is 43.6. The van der Waals surface area contributed by atoms with E-state index in [2.05, 4.69) is 123 Å².